The van der Waals surface area contributed by atoms with Crippen LogP contribution in [0.1, 0.15) is 22.3 Å². The number of aromatic nitrogens is 2. The van der Waals surface area contributed by atoms with Gasteiger partial charge in [-0.2, -0.15) is 0 Å². The zero-order valence-corrected chi connectivity index (χ0v) is 13.5. The molecule has 0 saturated carbocycles. The number of nitrogens with zero attached hydrogens (tertiary/aromatic N) is 2. The predicted octanol–water partition coefficient (Wildman–Crippen LogP) is 2.66. The number of amides is 1. The minimum atomic E-state index is -0.580. The highest BCUT2D eigenvalue weighted by Gasteiger charge is 2.17. The van der Waals surface area contributed by atoms with Crippen molar-refractivity contribution in [2.45, 2.75) is 13.3 Å². The summed E-state index contributed by atoms with van der Waals surface area (Å²) in [7, 11) is 0. The van der Waals surface area contributed by atoms with Crippen molar-refractivity contribution >= 4 is 45.0 Å². The number of anilines is 1. The highest BCUT2D eigenvalue weighted by atomic mass is 79.9. The third-order valence-electron chi connectivity index (χ3n) is 2.56. The maximum Gasteiger partial charge on any atom is 0.352 e. The summed E-state index contributed by atoms with van der Waals surface area (Å²) in [4.78, 5) is 23.9. The smallest absolute Gasteiger partial charge is 0.352 e. The van der Waals surface area contributed by atoms with Gasteiger partial charge in [-0.15, -0.1) is 5.10 Å². The molecule has 0 aliphatic rings. The van der Waals surface area contributed by atoms with Crippen molar-refractivity contribution in [2.75, 3.05) is 11.9 Å². The number of halogens is 1. The lowest BCUT2D eigenvalue weighted by atomic mass is 10.3. The molecule has 0 fully saturated rings. The Morgan fingerprint density at radius 2 is 2.14 bits per heavy atom. The first kappa shape index (κ1) is 15.6. The normalized spacial score (nSPS) is 10.2. The van der Waals surface area contributed by atoms with E-state index in [1.807, 2.05) is 13.0 Å². The summed E-state index contributed by atoms with van der Waals surface area (Å²) >= 11 is 4.28. The maximum atomic E-state index is 11.8. The van der Waals surface area contributed by atoms with Crippen LogP contribution in [0.5, 0.6) is 0 Å². The van der Waals surface area contributed by atoms with Crippen molar-refractivity contribution < 1.29 is 14.3 Å². The molecule has 1 aromatic heterocycles. The molecule has 6 nitrogen and oxygen atoms in total. The highest BCUT2D eigenvalue weighted by molar-refractivity contribution is 9.10. The van der Waals surface area contributed by atoms with Gasteiger partial charge in [0.15, 0.2) is 11.5 Å². The topological polar surface area (TPSA) is 81.2 Å². The Morgan fingerprint density at radius 1 is 1.38 bits per heavy atom. The van der Waals surface area contributed by atoms with Gasteiger partial charge in [0.25, 0.3) is 5.91 Å². The van der Waals surface area contributed by atoms with Crippen LogP contribution in [0.15, 0.2) is 28.7 Å². The van der Waals surface area contributed by atoms with Gasteiger partial charge in [-0.1, -0.05) is 23.5 Å². The quantitative estimate of drug-likeness (QED) is 0.819. The number of ether oxygens (including phenoxy) is 1. The number of aryl methyl sites for hydroxylation is 1. The number of nitrogens with one attached hydrogen (secondary N) is 1. The summed E-state index contributed by atoms with van der Waals surface area (Å²) in [5, 5.41) is 6.47. The zero-order chi connectivity index (χ0) is 15.2. The fraction of sp³-hybridized carbons (Fsp3) is 0.231. The fourth-order valence-corrected chi connectivity index (χ4v) is 2.57. The molecule has 0 spiro atoms. The first-order valence-corrected chi connectivity index (χ1v) is 7.71. The monoisotopic (exact) mass is 369 g/mol. The van der Waals surface area contributed by atoms with Crippen LogP contribution in [0.25, 0.3) is 0 Å². The number of para-hydroxylation sites is 1. The van der Waals surface area contributed by atoms with Crippen molar-refractivity contribution in [1.82, 2.24) is 9.59 Å². The van der Waals surface area contributed by atoms with Crippen molar-refractivity contribution in [2.24, 2.45) is 0 Å². The van der Waals surface area contributed by atoms with E-state index in [0.717, 1.165) is 16.0 Å². The predicted molar refractivity (Wildman–Crippen MR) is 82.3 cm³/mol. The number of hydrogen-bond acceptors (Lipinski definition) is 6. The molecule has 110 valence electrons. The molecule has 1 N–H and O–H groups in total. The first-order valence-electron chi connectivity index (χ1n) is 6.14. The maximum absolute atomic E-state index is 11.8. The summed E-state index contributed by atoms with van der Waals surface area (Å²) in [6.45, 7) is 1.51. The van der Waals surface area contributed by atoms with Gasteiger partial charge in [0.1, 0.15) is 0 Å². The van der Waals surface area contributed by atoms with E-state index in [-0.39, 0.29) is 6.61 Å². The van der Waals surface area contributed by atoms with Gasteiger partial charge in [-0.05, 0) is 46.0 Å². The highest BCUT2D eigenvalue weighted by Crippen LogP contribution is 2.21. The number of esters is 1. The molecule has 0 saturated heterocycles. The minimum Gasteiger partial charge on any atom is -0.451 e. The van der Waals surface area contributed by atoms with E-state index in [1.165, 1.54) is 0 Å². The average Bonchev–Trinajstić information content (AvgIpc) is 2.96. The molecule has 0 aliphatic carbocycles. The van der Waals surface area contributed by atoms with Gasteiger partial charge in [0.05, 0.1) is 11.4 Å². The number of hydrogen-bond donors (Lipinski definition) is 1. The molecule has 0 atom stereocenters. The Bertz CT molecular complexity index is 660. The van der Waals surface area contributed by atoms with E-state index in [4.69, 9.17) is 4.74 Å². The van der Waals surface area contributed by atoms with Gasteiger partial charge in [0, 0.05) is 4.47 Å². The third kappa shape index (κ3) is 4.08. The van der Waals surface area contributed by atoms with Crippen LogP contribution >= 0.6 is 27.5 Å². The SMILES string of the molecule is CCc1nnsc1C(=O)OCC(=O)Nc1ccccc1Br. The minimum absolute atomic E-state index is 0.339. The lowest BCUT2D eigenvalue weighted by Gasteiger charge is -2.07. The number of carbonyl (C=O) groups is 2. The molecule has 0 bridgehead atoms. The second-order valence-electron chi connectivity index (χ2n) is 4.01. The van der Waals surface area contributed by atoms with Crippen molar-refractivity contribution in [3.8, 4) is 0 Å². The molecule has 8 heteroatoms. The van der Waals surface area contributed by atoms with Gasteiger partial charge < -0.3 is 10.1 Å². The fourth-order valence-electron chi connectivity index (χ4n) is 1.54. The number of carbonyl (C=O) groups excluding carboxylic acids is 2. The Morgan fingerprint density at radius 3 is 2.86 bits per heavy atom. The molecule has 2 rings (SSSR count). The first-order chi connectivity index (χ1) is 10.1. The van der Waals surface area contributed by atoms with Gasteiger partial charge >= 0.3 is 5.97 Å². The summed E-state index contributed by atoms with van der Waals surface area (Å²) in [6.07, 6.45) is 0.587. The molecule has 0 radical (unpaired) electrons. The molecule has 21 heavy (non-hydrogen) atoms. The van der Waals surface area contributed by atoms with Crippen LogP contribution in [0.4, 0.5) is 5.69 Å². The van der Waals surface area contributed by atoms with Gasteiger partial charge in [0.2, 0.25) is 0 Å². The summed E-state index contributed by atoms with van der Waals surface area (Å²) in [6, 6.07) is 7.18. The van der Waals surface area contributed by atoms with E-state index >= 15 is 0 Å². The van der Waals surface area contributed by atoms with Crippen molar-refractivity contribution in [1.29, 1.82) is 0 Å². The van der Waals surface area contributed by atoms with Crippen LogP contribution in [-0.2, 0) is 16.0 Å². The van der Waals surface area contributed by atoms with Crippen LogP contribution < -0.4 is 5.32 Å². The third-order valence-corrected chi connectivity index (χ3v) is 4.00. The molecule has 0 unspecified atom stereocenters. The molecular formula is C13H12BrN3O3S. The lowest BCUT2D eigenvalue weighted by Crippen LogP contribution is -2.21. The van der Waals surface area contributed by atoms with Gasteiger partial charge in [-0.25, -0.2) is 4.79 Å². The second kappa shape index (κ2) is 7.28. The van der Waals surface area contributed by atoms with Crippen LogP contribution in [0, 0.1) is 0 Å². The van der Waals surface area contributed by atoms with E-state index in [9.17, 15) is 9.59 Å². The molecule has 1 amide bonds. The Hall–Kier alpha value is -1.80. The van der Waals surface area contributed by atoms with E-state index in [0.29, 0.717) is 22.7 Å². The Labute approximate surface area is 133 Å². The Kier molecular flexibility index (Phi) is 5.40. The molecule has 2 aromatic rings. The average molecular weight is 370 g/mol. The summed E-state index contributed by atoms with van der Waals surface area (Å²) in [5.41, 5.74) is 1.20. The molecule has 1 heterocycles. The molecule has 1 aromatic carbocycles. The number of rotatable bonds is 5. The van der Waals surface area contributed by atoms with Crippen LogP contribution in [0.2, 0.25) is 0 Å². The Balaban J connectivity index is 1.90. The zero-order valence-electron chi connectivity index (χ0n) is 11.1. The van der Waals surface area contributed by atoms with Gasteiger partial charge in [-0.3, -0.25) is 4.79 Å². The largest absolute Gasteiger partial charge is 0.451 e. The van der Waals surface area contributed by atoms with Crippen LogP contribution in [-0.4, -0.2) is 28.1 Å². The second-order valence-corrected chi connectivity index (χ2v) is 5.61. The van der Waals surface area contributed by atoms with Crippen LogP contribution in [0.3, 0.4) is 0 Å². The summed E-state index contributed by atoms with van der Waals surface area (Å²) < 4.78 is 9.43. The molecular weight excluding hydrogens is 358 g/mol. The number of benzene rings is 1. The van der Waals surface area contributed by atoms with E-state index in [1.54, 1.807) is 18.2 Å². The lowest BCUT2D eigenvalue weighted by molar-refractivity contribution is -0.119. The van der Waals surface area contributed by atoms with E-state index in [2.05, 4.69) is 30.8 Å². The van der Waals surface area contributed by atoms with Crippen molar-refractivity contribution in [3.63, 3.8) is 0 Å². The summed E-state index contributed by atoms with van der Waals surface area (Å²) in [5.74, 6) is -0.991. The van der Waals surface area contributed by atoms with E-state index < -0.39 is 11.9 Å². The standard InChI is InChI=1S/C13H12BrN3O3S/c1-2-9-12(21-17-16-9)13(19)20-7-11(18)15-10-6-4-3-5-8(10)14/h3-6H,2,7H2,1H3,(H,15,18). The molecule has 0 aliphatic heterocycles. The van der Waals surface area contributed by atoms with Crippen molar-refractivity contribution in [3.05, 3.63) is 39.3 Å².